The summed E-state index contributed by atoms with van der Waals surface area (Å²) in [4.78, 5) is 12.3. The first kappa shape index (κ1) is 28.3. The summed E-state index contributed by atoms with van der Waals surface area (Å²) in [6, 6.07) is 4.51. The van der Waals surface area contributed by atoms with E-state index in [9.17, 15) is 8.42 Å². The number of fused-ring (bicyclic) bond motifs is 1. The number of pyridine rings is 2. The van der Waals surface area contributed by atoms with Crippen molar-refractivity contribution in [1.82, 2.24) is 14.3 Å². The van der Waals surface area contributed by atoms with E-state index in [1.54, 1.807) is 4.31 Å². The monoisotopic (exact) mass is 547 g/mol. The van der Waals surface area contributed by atoms with E-state index in [0.717, 1.165) is 60.5 Å². The summed E-state index contributed by atoms with van der Waals surface area (Å²) < 4.78 is 31.7. The van der Waals surface area contributed by atoms with Crippen molar-refractivity contribution in [2.45, 2.75) is 83.5 Å². The summed E-state index contributed by atoms with van der Waals surface area (Å²) in [5.41, 5.74) is 1.06. The third-order valence-corrected chi connectivity index (χ3v) is 14.1. The second-order valence-corrected chi connectivity index (χ2v) is 19.0. The van der Waals surface area contributed by atoms with Crippen molar-refractivity contribution >= 4 is 40.7 Å². The maximum Gasteiger partial charge on any atom is 0.211 e. The fraction of sp³-hybridized carbons (Fsp3) is 0.704. The van der Waals surface area contributed by atoms with Crippen LogP contribution in [-0.4, -0.2) is 76.1 Å². The Bertz CT molecular complexity index is 1180. The molecule has 8 nitrogen and oxygen atoms in total. The molecule has 10 heteroatoms. The van der Waals surface area contributed by atoms with Crippen LogP contribution in [0.25, 0.3) is 10.8 Å². The summed E-state index contributed by atoms with van der Waals surface area (Å²) in [5, 5.41) is 5.99. The number of aromatic nitrogens is 2. The van der Waals surface area contributed by atoms with Gasteiger partial charge in [-0.05, 0) is 62.4 Å². The number of nitrogens with zero attached hydrogens (tertiary/aromatic N) is 4. The van der Waals surface area contributed by atoms with Crippen LogP contribution in [-0.2, 0) is 20.9 Å². The maximum absolute atomic E-state index is 11.8. The Morgan fingerprint density at radius 3 is 2.38 bits per heavy atom. The maximum atomic E-state index is 11.8. The zero-order valence-electron chi connectivity index (χ0n) is 23.5. The van der Waals surface area contributed by atoms with Crippen LogP contribution in [0.1, 0.15) is 58.6 Å². The summed E-state index contributed by atoms with van der Waals surface area (Å²) in [7, 11) is -4.92. The topological polar surface area (TPSA) is 87.7 Å². The lowest BCUT2D eigenvalue weighted by atomic mass is 10.1. The molecule has 0 spiro atoms. The molecule has 2 fully saturated rings. The van der Waals surface area contributed by atoms with Crippen molar-refractivity contribution in [3.8, 4) is 0 Å². The lowest BCUT2D eigenvalue weighted by molar-refractivity contribution is 0.291. The van der Waals surface area contributed by atoms with Crippen LogP contribution in [0.15, 0.2) is 18.3 Å². The van der Waals surface area contributed by atoms with Gasteiger partial charge < -0.3 is 14.6 Å². The quantitative estimate of drug-likeness (QED) is 0.464. The van der Waals surface area contributed by atoms with Crippen LogP contribution < -0.4 is 10.2 Å². The Hall–Kier alpha value is -1.75. The van der Waals surface area contributed by atoms with E-state index in [1.165, 1.54) is 25.5 Å². The van der Waals surface area contributed by atoms with Gasteiger partial charge in [-0.2, -0.15) is 0 Å². The predicted molar refractivity (Wildman–Crippen MR) is 156 cm³/mol. The van der Waals surface area contributed by atoms with E-state index >= 15 is 0 Å². The molecule has 4 heterocycles. The third kappa shape index (κ3) is 7.02. The smallest absolute Gasteiger partial charge is 0.211 e. The molecule has 0 amide bonds. The van der Waals surface area contributed by atoms with Crippen LogP contribution >= 0.6 is 0 Å². The second kappa shape index (κ2) is 11.2. The Morgan fingerprint density at radius 2 is 1.76 bits per heavy atom. The van der Waals surface area contributed by atoms with E-state index in [0.29, 0.717) is 19.7 Å². The molecule has 0 unspecified atom stereocenters. The molecule has 0 aliphatic carbocycles. The van der Waals surface area contributed by atoms with Crippen molar-refractivity contribution in [3.05, 3.63) is 24.0 Å². The molecule has 206 valence electrons. The van der Waals surface area contributed by atoms with Crippen molar-refractivity contribution < 1.29 is 12.8 Å². The molecule has 0 radical (unpaired) electrons. The predicted octanol–water partition coefficient (Wildman–Crippen LogP) is 5.02. The molecule has 2 aromatic heterocycles. The highest BCUT2D eigenvalue weighted by molar-refractivity contribution is 7.88. The Kier molecular flexibility index (Phi) is 8.52. The fourth-order valence-corrected chi connectivity index (χ4v) is 6.82. The molecule has 2 aliphatic rings. The van der Waals surface area contributed by atoms with Crippen LogP contribution in [0.4, 0.5) is 11.6 Å². The number of anilines is 2. The number of hydrogen-bond donors (Lipinski definition) is 1. The van der Waals surface area contributed by atoms with Crippen molar-refractivity contribution in [1.29, 1.82) is 0 Å². The van der Waals surface area contributed by atoms with E-state index < -0.39 is 18.3 Å². The molecule has 1 N–H and O–H groups in total. The summed E-state index contributed by atoms with van der Waals surface area (Å²) in [6.45, 7) is 15.2. The highest BCUT2D eigenvalue weighted by Gasteiger charge is 2.37. The van der Waals surface area contributed by atoms with Gasteiger partial charge in [0.05, 0.1) is 6.26 Å². The SMILES string of the molecule is CC(C)(C)[Si](C)(C)OCCc1cc2cnc(NC3CCN(S(C)(=O)=O)CC3)cc2c(N2CCCCC2)n1. The average molecular weight is 548 g/mol. The van der Waals surface area contributed by atoms with E-state index in [1.807, 2.05) is 6.20 Å². The Morgan fingerprint density at radius 1 is 1.08 bits per heavy atom. The first-order valence-electron chi connectivity index (χ1n) is 13.7. The van der Waals surface area contributed by atoms with Gasteiger partial charge in [0, 0.05) is 67.9 Å². The summed E-state index contributed by atoms with van der Waals surface area (Å²) >= 11 is 0. The van der Waals surface area contributed by atoms with Crippen LogP contribution in [0.5, 0.6) is 0 Å². The van der Waals surface area contributed by atoms with Gasteiger partial charge in [-0.25, -0.2) is 22.7 Å². The van der Waals surface area contributed by atoms with Crippen molar-refractivity contribution in [2.75, 3.05) is 49.3 Å². The van der Waals surface area contributed by atoms with Gasteiger partial charge in [0.15, 0.2) is 8.32 Å². The van der Waals surface area contributed by atoms with Crippen molar-refractivity contribution in [2.24, 2.45) is 0 Å². The van der Waals surface area contributed by atoms with Crippen LogP contribution in [0, 0.1) is 0 Å². The van der Waals surface area contributed by atoms with Crippen LogP contribution in [0.2, 0.25) is 18.1 Å². The lowest BCUT2D eigenvalue weighted by Crippen LogP contribution is -2.41. The standard InChI is InChI=1S/C27H45N5O3SSi/c1-27(2,3)37(5,6)35-17-12-23-18-21-20-28-25(29-22-10-15-32(16-11-22)36(4,33)34)19-24(21)26(30-23)31-13-8-7-9-14-31/h18-20,22H,7-17H2,1-6H3,(H,28,29). The molecule has 4 rings (SSSR count). The largest absolute Gasteiger partial charge is 0.416 e. The number of nitrogens with one attached hydrogen (secondary N) is 1. The highest BCUT2D eigenvalue weighted by atomic mass is 32.2. The minimum Gasteiger partial charge on any atom is -0.416 e. The van der Waals surface area contributed by atoms with Gasteiger partial charge in [-0.15, -0.1) is 0 Å². The minimum absolute atomic E-state index is 0.192. The summed E-state index contributed by atoms with van der Waals surface area (Å²) in [5.74, 6) is 1.89. The molecule has 2 aromatic rings. The van der Waals surface area contributed by atoms with E-state index in [-0.39, 0.29) is 11.1 Å². The van der Waals surface area contributed by atoms with Crippen molar-refractivity contribution in [3.63, 3.8) is 0 Å². The molecular weight excluding hydrogens is 502 g/mol. The molecular formula is C27H45N5O3SSi. The molecule has 37 heavy (non-hydrogen) atoms. The third-order valence-electron chi connectivity index (χ3n) is 8.31. The Balaban J connectivity index is 1.53. The minimum atomic E-state index is -3.13. The first-order valence-corrected chi connectivity index (χ1v) is 18.5. The highest BCUT2D eigenvalue weighted by Crippen LogP contribution is 2.37. The summed E-state index contributed by atoms with van der Waals surface area (Å²) in [6.07, 6.45) is 9.24. The Labute approximate surface area is 224 Å². The lowest BCUT2D eigenvalue weighted by Gasteiger charge is -2.36. The average Bonchev–Trinajstić information content (AvgIpc) is 2.83. The molecule has 0 bridgehead atoms. The molecule has 2 saturated heterocycles. The second-order valence-electron chi connectivity index (χ2n) is 12.2. The first-order chi connectivity index (χ1) is 17.3. The van der Waals surface area contributed by atoms with E-state index in [4.69, 9.17) is 14.4 Å². The normalized spacial score (nSPS) is 18.9. The van der Waals surface area contributed by atoms with Gasteiger partial charge in [0.25, 0.3) is 0 Å². The molecule has 2 aliphatic heterocycles. The zero-order chi connectivity index (χ0) is 26.8. The van der Waals surface area contributed by atoms with Gasteiger partial charge in [-0.1, -0.05) is 20.8 Å². The molecule has 0 saturated carbocycles. The van der Waals surface area contributed by atoms with Gasteiger partial charge in [0.2, 0.25) is 10.0 Å². The fourth-order valence-electron chi connectivity index (χ4n) is 4.90. The number of rotatable bonds is 8. The number of piperidine rings is 2. The van der Waals surface area contributed by atoms with Crippen LogP contribution in [0.3, 0.4) is 0 Å². The van der Waals surface area contributed by atoms with Gasteiger partial charge >= 0.3 is 0 Å². The zero-order valence-corrected chi connectivity index (χ0v) is 25.3. The van der Waals surface area contributed by atoms with Gasteiger partial charge in [0.1, 0.15) is 11.6 Å². The van der Waals surface area contributed by atoms with Gasteiger partial charge in [-0.3, -0.25) is 0 Å². The number of sulfonamides is 1. The number of hydrogen-bond acceptors (Lipinski definition) is 7. The molecule has 0 aromatic carbocycles. The van der Waals surface area contributed by atoms with E-state index in [2.05, 4.69) is 56.2 Å². The molecule has 0 atom stereocenters.